The quantitative estimate of drug-likeness (QED) is 0.270. The normalized spacial score (nSPS) is 46.4. The third kappa shape index (κ3) is 1.98. The minimum Gasteiger partial charge on any atom is -0.395 e. The van der Waals surface area contributed by atoms with Crippen LogP contribution in [0.4, 0.5) is 0 Å². The van der Waals surface area contributed by atoms with Crippen molar-refractivity contribution in [2.75, 3.05) is 13.2 Å². The molecule has 6 N–H and O–H groups in total. The summed E-state index contributed by atoms with van der Waals surface area (Å²) in [6.07, 6.45) is -3.78. The first-order chi connectivity index (χ1) is 6.11. The smallest absolute Gasteiger partial charge is 0.109 e. The summed E-state index contributed by atoms with van der Waals surface area (Å²) >= 11 is 0. The van der Waals surface area contributed by atoms with E-state index in [1.165, 1.54) is 0 Å². The maximum atomic E-state index is 9.31. The zero-order valence-corrected chi connectivity index (χ0v) is 7.04. The fourth-order valence-corrected chi connectivity index (χ4v) is 1.47. The van der Waals surface area contributed by atoms with E-state index in [4.69, 9.17) is 10.2 Å². The van der Waals surface area contributed by atoms with Crippen molar-refractivity contribution in [2.45, 2.75) is 30.4 Å². The van der Waals surface area contributed by atoms with Crippen molar-refractivity contribution in [1.29, 1.82) is 0 Å². The van der Waals surface area contributed by atoms with E-state index >= 15 is 0 Å². The fraction of sp³-hybridized carbons (Fsp3) is 1.00. The molecule has 0 aromatic carbocycles. The number of aliphatic hydroxyl groups excluding tert-OH is 5. The number of piperidine rings is 1. The van der Waals surface area contributed by atoms with E-state index in [0.717, 1.165) is 0 Å². The van der Waals surface area contributed by atoms with Crippen LogP contribution >= 0.6 is 0 Å². The average molecular weight is 193 g/mol. The van der Waals surface area contributed by atoms with E-state index in [1.54, 1.807) is 0 Å². The van der Waals surface area contributed by atoms with Gasteiger partial charge in [0.05, 0.1) is 37.5 Å². The van der Waals surface area contributed by atoms with Crippen LogP contribution in [0.25, 0.3) is 0 Å². The van der Waals surface area contributed by atoms with Gasteiger partial charge in [0.15, 0.2) is 0 Å². The van der Waals surface area contributed by atoms with Gasteiger partial charge in [0.25, 0.3) is 0 Å². The molecule has 0 amide bonds. The molecule has 0 bridgehead atoms. The summed E-state index contributed by atoms with van der Waals surface area (Å²) in [5.74, 6) is 0. The van der Waals surface area contributed by atoms with Gasteiger partial charge in [0.1, 0.15) is 6.10 Å². The highest BCUT2D eigenvalue weighted by atomic mass is 16.4. The number of hydrogen-bond donors (Lipinski definition) is 6. The van der Waals surface area contributed by atoms with Crippen molar-refractivity contribution >= 4 is 0 Å². The second-order valence-electron chi connectivity index (χ2n) is 3.22. The average Bonchev–Trinajstić information content (AvgIpc) is 2.15. The van der Waals surface area contributed by atoms with Gasteiger partial charge < -0.3 is 30.8 Å². The molecule has 13 heavy (non-hydrogen) atoms. The van der Waals surface area contributed by atoms with Gasteiger partial charge in [-0.15, -0.1) is 0 Å². The SMILES string of the molecule is OCC1N[C@H](CO)[C@@H](O)C(O)[C@H]1O. The van der Waals surface area contributed by atoms with E-state index in [-0.39, 0.29) is 13.2 Å². The molecule has 1 aliphatic heterocycles. The van der Waals surface area contributed by atoms with Gasteiger partial charge in [0, 0.05) is 0 Å². The van der Waals surface area contributed by atoms with Crippen LogP contribution in [0.3, 0.4) is 0 Å². The van der Waals surface area contributed by atoms with Gasteiger partial charge in [-0.3, -0.25) is 0 Å². The van der Waals surface area contributed by atoms with Crippen molar-refractivity contribution < 1.29 is 25.5 Å². The Morgan fingerprint density at radius 1 is 0.769 bits per heavy atom. The molecule has 2 unspecified atom stereocenters. The van der Waals surface area contributed by atoms with Gasteiger partial charge in [-0.05, 0) is 0 Å². The zero-order chi connectivity index (χ0) is 10.0. The third-order valence-corrected chi connectivity index (χ3v) is 2.35. The Hall–Kier alpha value is -0.240. The Bertz CT molecular complexity index is 147. The molecular weight excluding hydrogens is 178 g/mol. The van der Waals surface area contributed by atoms with Gasteiger partial charge in [0.2, 0.25) is 0 Å². The molecule has 0 saturated carbocycles. The van der Waals surface area contributed by atoms with Crippen molar-refractivity contribution in [3.63, 3.8) is 0 Å². The van der Waals surface area contributed by atoms with Gasteiger partial charge in [-0.2, -0.15) is 0 Å². The summed E-state index contributed by atoms with van der Waals surface area (Å²) in [5.41, 5.74) is 0. The molecule has 1 fully saturated rings. The third-order valence-electron chi connectivity index (χ3n) is 2.35. The Morgan fingerprint density at radius 3 is 1.46 bits per heavy atom. The lowest BCUT2D eigenvalue weighted by Gasteiger charge is -2.40. The first-order valence-corrected chi connectivity index (χ1v) is 4.13. The van der Waals surface area contributed by atoms with Crippen molar-refractivity contribution in [3.05, 3.63) is 0 Å². The molecule has 6 nitrogen and oxygen atoms in total. The largest absolute Gasteiger partial charge is 0.395 e. The predicted molar refractivity (Wildman–Crippen MR) is 42.9 cm³/mol. The molecule has 78 valence electrons. The van der Waals surface area contributed by atoms with E-state index in [2.05, 4.69) is 5.32 Å². The lowest BCUT2D eigenvalue weighted by atomic mass is 9.91. The molecule has 5 atom stereocenters. The Morgan fingerprint density at radius 2 is 1.15 bits per heavy atom. The predicted octanol–water partition coefficient (Wildman–Crippen LogP) is -3.61. The summed E-state index contributed by atoms with van der Waals surface area (Å²) in [6, 6.07) is -1.42. The molecule has 0 radical (unpaired) electrons. The lowest BCUT2D eigenvalue weighted by molar-refractivity contribution is -0.125. The van der Waals surface area contributed by atoms with Gasteiger partial charge >= 0.3 is 0 Å². The summed E-state index contributed by atoms with van der Waals surface area (Å²) < 4.78 is 0. The second kappa shape index (κ2) is 4.32. The molecule has 1 aliphatic rings. The van der Waals surface area contributed by atoms with Crippen LogP contribution in [0, 0.1) is 0 Å². The minimum atomic E-state index is -1.34. The summed E-state index contributed by atoms with van der Waals surface area (Å²) in [7, 11) is 0. The highest BCUT2D eigenvalue weighted by Gasteiger charge is 2.41. The van der Waals surface area contributed by atoms with E-state index in [0.29, 0.717) is 0 Å². The van der Waals surface area contributed by atoms with Crippen LogP contribution in [-0.4, -0.2) is 69.1 Å². The van der Waals surface area contributed by atoms with Crippen LogP contribution in [0.1, 0.15) is 0 Å². The Kier molecular flexibility index (Phi) is 3.60. The van der Waals surface area contributed by atoms with Crippen LogP contribution in [-0.2, 0) is 0 Å². The van der Waals surface area contributed by atoms with Crippen LogP contribution in [0.15, 0.2) is 0 Å². The van der Waals surface area contributed by atoms with Gasteiger partial charge in [-0.1, -0.05) is 0 Å². The monoisotopic (exact) mass is 193 g/mol. The van der Waals surface area contributed by atoms with E-state index < -0.39 is 30.4 Å². The van der Waals surface area contributed by atoms with E-state index in [1.807, 2.05) is 0 Å². The molecule has 0 aromatic rings. The zero-order valence-electron chi connectivity index (χ0n) is 7.04. The standard InChI is InChI=1S/C7H15NO5/c9-1-3-5(11)7(13)6(12)4(2-10)8-3/h3-13H,1-2H2/t3-,4?,5-,6+,7?/m1/s1. The first kappa shape index (κ1) is 10.8. The molecule has 0 aliphatic carbocycles. The molecule has 6 heteroatoms. The lowest BCUT2D eigenvalue weighted by Crippen LogP contribution is -2.66. The van der Waals surface area contributed by atoms with Crippen molar-refractivity contribution in [2.24, 2.45) is 0 Å². The number of rotatable bonds is 2. The highest BCUT2D eigenvalue weighted by molar-refractivity contribution is 4.97. The maximum Gasteiger partial charge on any atom is 0.109 e. The Balaban J connectivity index is 2.66. The molecule has 0 aromatic heterocycles. The summed E-state index contributed by atoms with van der Waals surface area (Å²) in [5, 5.41) is 48.1. The summed E-state index contributed by atoms with van der Waals surface area (Å²) in [6.45, 7) is -0.719. The molecular formula is C7H15NO5. The second-order valence-corrected chi connectivity index (χ2v) is 3.22. The Labute approximate surface area is 75.4 Å². The number of hydrogen-bond acceptors (Lipinski definition) is 6. The molecule has 0 spiro atoms. The van der Waals surface area contributed by atoms with Crippen molar-refractivity contribution in [3.8, 4) is 0 Å². The van der Waals surface area contributed by atoms with Crippen LogP contribution in [0.2, 0.25) is 0 Å². The highest BCUT2D eigenvalue weighted by Crippen LogP contribution is 2.14. The topological polar surface area (TPSA) is 113 Å². The number of aliphatic hydroxyl groups is 5. The fourth-order valence-electron chi connectivity index (χ4n) is 1.47. The number of nitrogens with one attached hydrogen (secondary N) is 1. The van der Waals surface area contributed by atoms with Gasteiger partial charge in [-0.25, -0.2) is 0 Å². The maximum absolute atomic E-state index is 9.31. The molecule has 1 heterocycles. The van der Waals surface area contributed by atoms with Crippen molar-refractivity contribution in [1.82, 2.24) is 5.32 Å². The van der Waals surface area contributed by atoms with Crippen LogP contribution in [0.5, 0.6) is 0 Å². The minimum absolute atomic E-state index is 0.360. The molecule has 1 saturated heterocycles. The summed E-state index contributed by atoms with van der Waals surface area (Å²) in [4.78, 5) is 0. The first-order valence-electron chi connectivity index (χ1n) is 4.13. The van der Waals surface area contributed by atoms with Crippen LogP contribution < -0.4 is 5.32 Å². The molecule has 1 rings (SSSR count). The van der Waals surface area contributed by atoms with E-state index in [9.17, 15) is 15.3 Å².